The Morgan fingerprint density at radius 2 is 2.29 bits per heavy atom. The summed E-state index contributed by atoms with van der Waals surface area (Å²) in [6, 6.07) is 0. The Kier molecular flexibility index (Phi) is 4.89. The largest absolute Gasteiger partial charge is 0.380 e. The molecule has 1 heterocycles. The van der Waals surface area contributed by atoms with Gasteiger partial charge in [0.25, 0.3) is 0 Å². The van der Waals surface area contributed by atoms with E-state index in [1.807, 2.05) is 0 Å². The number of anilines is 1. The topological polar surface area (TPSA) is 66.0 Å². The molecule has 0 aliphatic carbocycles. The van der Waals surface area contributed by atoms with Crippen LogP contribution in [0.15, 0.2) is 4.73 Å². The SMILES string of the molecule is CCCCOCCn1nc(N)nc1Br. The third kappa shape index (κ3) is 3.63. The average molecular weight is 263 g/mol. The number of aromatic nitrogens is 3. The van der Waals surface area contributed by atoms with Gasteiger partial charge in [0.1, 0.15) is 0 Å². The maximum absolute atomic E-state index is 5.42. The number of nitrogens with two attached hydrogens (primary N) is 1. The van der Waals surface area contributed by atoms with Crippen LogP contribution in [0, 0.1) is 0 Å². The molecule has 1 rings (SSSR count). The smallest absolute Gasteiger partial charge is 0.240 e. The fourth-order valence-electron chi connectivity index (χ4n) is 0.981. The second kappa shape index (κ2) is 5.98. The Hall–Kier alpha value is -0.620. The molecule has 0 aliphatic heterocycles. The number of hydrogen-bond donors (Lipinski definition) is 1. The zero-order valence-corrected chi connectivity index (χ0v) is 9.83. The minimum Gasteiger partial charge on any atom is -0.380 e. The van der Waals surface area contributed by atoms with E-state index in [1.165, 1.54) is 0 Å². The molecule has 0 saturated heterocycles. The molecule has 0 radical (unpaired) electrons. The van der Waals surface area contributed by atoms with Gasteiger partial charge < -0.3 is 10.5 Å². The average Bonchev–Trinajstić information content (AvgIpc) is 2.45. The van der Waals surface area contributed by atoms with Gasteiger partial charge in [-0.2, -0.15) is 4.98 Å². The first-order valence-electron chi connectivity index (χ1n) is 4.67. The van der Waals surface area contributed by atoms with Gasteiger partial charge >= 0.3 is 0 Å². The number of hydrogen-bond acceptors (Lipinski definition) is 4. The summed E-state index contributed by atoms with van der Waals surface area (Å²) in [5, 5.41) is 3.98. The lowest BCUT2D eigenvalue weighted by Gasteiger charge is -2.03. The van der Waals surface area contributed by atoms with Crippen molar-refractivity contribution in [2.24, 2.45) is 0 Å². The Bertz CT molecular complexity index is 276. The Morgan fingerprint density at radius 3 is 2.86 bits per heavy atom. The van der Waals surface area contributed by atoms with E-state index in [1.54, 1.807) is 4.68 Å². The second-order valence-corrected chi connectivity index (χ2v) is 3.64. The van der Waals surface area contributed by atoms with E-state index in [4.69, 9.17) is 10.5 Å². The molecular formula is C8H15BrN4O. The maximum atomic E-state index is 5.42. The molecule has 0 atom stereocenters. The fraction of sp³-hybridized carbons (Fsp3) is 0.750. The quantitative estimate of drug-likeness (QED) is 0.788. The minimum atomic E-state index is 0.283. The van der Waals surface area contributed by atoms with Crippen molar-refractivity contribution in [2.45, 2.75) is 26.3 Å². The van der Waals surface area contributed by atoms with E-state index in [0.717, 1.165) is 19.4 Å². The Balaban J connectivity index is 2.21. The van der Waals surface area contributed by atoms with Gasteiger partial charge in [-0.25, -0.2) is 4.68 Å². The number of unbranched alkanes of at least 4 members (excludes halogenated alkanes) is 1. The van der Waals surface area contributed by atoms with Crippen molar-refractivity contribution in [2.75, 3.05) is 18.9 Å². The summed E-state index contributed by atoms with van der Waals surface area (Å²) in [4.78, 5) is 3.92. The van der Waals surface area contributed by atoms with Crippen LogP contribution in [-0.4, -0.2) is 28.0 Å². The van der Waals surface area contributed by atoms with E-state index < -0.39 is 0 Å². The van der Waals surface area contributed by atoms with Gasteiger partial charge in [-0.15, -0.1) is 5.10 Å². The first-order valence-corrected chi connectivity index (χ1v) is 5.47. The molecule has 0 fully saturated rings. The van der Waals surface area contributed by atoms with Gasteiger partial charge in [0, 0.05) is 6.61 Å². The van der Waals surface area contributed by atoms with Crippen molar-refractivity contribution in [1.82, 2.24) is 14.8 Å². The van der Waals surface area contributed by atoms with Crippen LogP contribution in [-0.2, 0) is 11.3 Å². The molecule has 0 spiro atoms. The first kappa shape index (κ1) is 11.5. The minimum absolute atomic E-state index is 0.283. The Morgan fingerprint density at radius 1 is 1.50 bits per heavy atom. The maximum Gasteiger partial charge on any atom is 0.240 e. The van der Waals surface area contributed by atoms with E-state index in [0.29, 0.717) is 17.9 Å². The molecule has 6 heteroatoms. The molecule has 0 amide bonds. The summed E-state index contributed by atoms with van der Waals surface area (Å²) in [5.41, 5.74) is 5.42. The highest BCUT2D eigenvalue weighted by Crippen LogP contribution is 2.07. The predicted molar refractivity (Wildman–Crippen MR) is 57.9 cm³/mol. The highest BCUT2D eigenvalue weighted by molar-refractivity contribution is 9.10. The van der Waals surface area contributed by atoms with Gasteiger partial charge in [-0.05, 0) is 22.4 Å². The highest BCUT2D eigenvalue weighted by atomic mass is 79.9. The molecule has 1 aromatic rings. The van der Waals surface area contributed by atoms with E-state index in [2.05, 4.69) is 32.9 Å². The molecule has 14 heavy (non-hydrogen) atoms. The lowest BCUT2D eigenvalue weighted by molar-refractivity contribution is 0.120. The first-order chi connectivity index (χ1) is 6.74. The fourth-order valence-corrected chi connectivity index (χ4v) is 1.42. The summed E-state index contributed by atoms with van der Waals surface area (Å²) in [6.07, 6.45) is 2.25. The highest BCUT2D eigenvalue weighted by Gasteiger charge is 2.03. The number of rotatable bonds is 6. The third-order valence-corrected chi connectivity index (χ3v) is 2.32. The molecule has 0 saturated carbocycles. The van der Waals surface area contributed by atoms with Gasteiger partial charge in [-0.3, -0.25) is 0 Å². The number of halogens is 1. The van der Waals surface area contributed by atoms with E-state index >= 15 is 0 Å². The zero-order chi connectivity index (χ0) is 10.4. The molecule has 5 nitrogen and oxygen atoms in total. The third-order valence-electron chi connectivity index (χ3n) is 1.73. The van der Waals surface area contributed by atoms with Crippen molar-refractivity contribution in [3.05, 3.63) is 4.73 Å². The molecule has 1 aromatic heterocycles. The lowest BCUT2D eigenvalue weighted by atomic mass is 10.4. The molecular weight excluding hydrogens is 248 g/mol. The van der Waals surface area contributed by atoms with Crippen molar-refractivity contribution in [3.8, 4) is 0 Å². The number of nitrogens with zero attached hydrogens (tertiary/aromatic N) is 3. The van der Waals surface area contributed by atoms with Crippen LogP contribution >= 0.6 is 15.9 Å². The van der Waals surface area contributed by atoms with Crippen LogP contribution in [0.5, 0.6) is 0 Å². The van der Waals surface area contributed by atoms with Crippen LogP contribution in [0.25, 0.3) is 0 Å². The molecule has 0 aromatic carbocycles. The summed E-state index contributed by atoms with van der Waals surface area (Å²) in [6.45, 7) is 4.26. The Labute approximate surface area is 91.8 Å². The normalized spacial score (nSPS) is 10.7. The summed E-state index contributed by atoms with van der Waals surface area (Å²) < 4.78 is 7.72. The van der Waals surface area contributed by atoms with Crippen LogP contribution in [0.1, 0.15) is 19.8 Å². The van der Waals surface area contributed by atoms with Gasteiger partial charge in [0.15, 0.2) is 4.73 Å². The summed E-state index contributed by atoms with van der Waals surface area (Å²) >= 11 is 3.25. The molecule has 0 aliphatic rings. The molecule has 80 valence electrons. The standard InChI is InChI=1S/C8H15BrN4O/c1-2-3-5-14-6-4-13-7(9)11-8(10)12-13/h2-6H2,1H3,(H2,10,12). The summed E-state index contributed by atoms with van der Waals surface area (Å²) in [7, 11) is 0. The van der Waals surface area contributed by atoms with Crippen LogP contribution < -0.4 is 5.73 Å². The second-order valence-electron chi connectivity index (χ2n) is 2.93. The van der Waals surface area contributed by atoms with Gasteiger partial charge in [0.05, 0.1) is 13.2 Å². The van der Waals surface area contributed by atoms with E-state index in [-0.39, 0.29) is 5.95 Å². The zero-order valence-electron chi connectivity index (χ0n) is 8.24. The van der Waals surface area contributed by atoms with Crippen LogP contribution in [0.3, 0.4) is 0 Å². The van der Waals surface area contributed by atoms with E-state index in [9.17, 15) is 0 Å². The van der Waals surface area contributed by atoms with Gasteiger partial charge in [0.2, 0.25) is 5.95 Å². The van der Waals surface area contributed by atoms with Crippen molar-refractivity contribution < 1.29 is 4.74 Å². The summed E-state index contributed by atoms with van der Waals surface area (Å²) in [5.74, 6) is 0.283. The van der Waals surface area contributed by atoms with Crippen molar-refractivity contribution >= 4 is 21.9 Å². The number of ether oxygens (including phenoxy) is 1. The predicted octanol–water partition coefficient (Wildman–Crippen LogP) is 1.44. The monoisotopic (exact) mass is 262 g/mol. The van der Waals surface area contributed by atoms with Crippen LogP contribution in [0.2, 0.25) is 0 Å². The van der Waals surface area contributed by atoms with Crippen molar-refractivity contribution in [1.29, 1.82) is 0 Å². The number of nitrogen functional groups attached to an aromatic ring is 1. The molecule has 0 unspecified atom stereocenters. The molecule has 2 N–H and O–H groups in total. The van der Waals surface area contributed by atoms with Gasteiger partial charge in [-0.1, -0.05) is 13.3 Å². The molecule has 0 bridgehead atoms. The lowest BCUT2D eigenvalue weighted by Crippen LogP contribution is -2.08. The van der Waals surface area contributed by atoms with Crippen molar-refractivity contribution in [3.63, 3.8) is 0 Å². The van der Waals surface area contributed by atoms with Crippen LogP contribution in [0.4, 0.5) is 5.95 Å².